The van der Waals surface area contributed by atoms with E-state index < -0.39 is 0 Å². The minimum atomic E-state index is -0.289. The van der Waals surface area contributed by atoms with Crippen molar-refractivity contribution in [1.29, 1.82) is 5.26 Å². The predicted molar refractivity (Wildman–Crippen MR) is 59.2 cm³/mol. The normalized spacial score (nSPS) is 11.1. The summed E-state index contributed by atoms with van der Waals surface area (Å²) in [6, 6.07) is 9.55. The summed E-state index contributed by atoms with van der Waals surface area (Å²) >= 11 is 0. The fourth-order valence-electron chi connectivity index (χ4n) is 1.15. The van der Waals surface area contributed by atoms with Crippen LogP contribution in [0, 0.1) is 11.3 Å². The van der Waals surface area contributed by atoms with Gasteiger partial charge >= 0.3 is 0 Å². The van der Waals surface area contributed by atoms with E-state index in [2.05, 4.69) is 11.4 Å². The lowest BCUT2D eigenvalue weighted by Gasteiger charge is -2.23. The Hall–Kier alpha value is -1.37. The summed E-state index contributed by atoms with van der Waals surface area (Å²) < 4.78 is 0. The molecular formula is C12H16N2O. The van der Waals surface area contributed by atoms with E-state index in [9.17, 15) is 0 Å². The van der Waals surface area contributed by atoms with Crippen LogP contribution < -0.4 is 5.32 Å². The number of nitrogens with zero attached hydrogens (tertiary/aromatic N) is 1. The highest BCUT2D eigenvalue weighted by Crippen LogP contribution is 2.06. The molecular weight excluding hydrogens is 188 g/mol. The molecule has 0 aliphatic rings. The van der Waals surface area contributed by atoms with Crippen LogP contribution in [0.3, 0.4) is 0 Å². The van der Waals surface area contributed by atoms with Crippen LogP contribution in [0.1, 0.15) is 25.0 Å². The van der Waals surface area contributed by atoms with Gasteiger partial charge in [0.25, 0.3) is 0 Å². The van der Waals surface area contributed by atoms with Crippen LogP contribution in [0.15, 0.2) is 24.3 Å². The molecule has 0 aromatic heterocycles. The number of rotatable bonds is 4. The van der Waals surface area contributed by atoms with Crippen molar-refractivity contribution in [3.8, 4) is 6.07 Å². The Morgan fingerprint density at radius 1 is 1.47 bits per heavy atom. The summed E-state index contributed by atoms with van der Waals surface area (Å²) in [7, 11) is 0. The Morgan fingerprint density at radius 2 is 2.20 bits per heavy atom. The maximum atomic E-state index is 9.06. The van der Waals surface area contributed by atoms with Gasteiger partial charge in [-0.1, -0.05) is 12.1 Å². The summed E-state index contributed by atoms with van der Waals surface area (Å²) in [5.41, 5.74) is 1.43. The highest BCUT2D eigenvalue weighted by atomic mass is 16.3. The largest absolute Gasteiger partial charge is 0.394 e. The summed E-state index contributed by atoms with van der Waals surface area (Å²) in [4.78, 5) is 0. The lowest BCUT2D eigenvalue weighted by Crippen LogP contribution is -2.42. The summed E-state index contributed by atoms with van der Waals surface area (Å²) in [6.45, 7) is 4.61. The number of aliphatic hydroxyl groups is 1. The Labute approximate surface area is 90.4 Å². The maximum Gasteiger partial charge on any atom is 0.0991 e. The minimum Gasteiger partial charge on any atom is -0.394 e. The second-order valence-corrected chi connectivity index (χ2v) is 4.21. The fraction of sp³-hybridized carbons (Fsp3) is 0.417. The zero-order valence-corrected chi connectivity index (χ0v) is 9.12. The van der Waals surface area contributed by atoms with Crippen molar-refractivity contribution in [2.75, 3.05) is 6.61 Å². The van der Waals surface area contributed by atoms with E-state index in [-0.39, 0.29) is 12.1 Å². The van der Waals surface area contributed by atoms with Gasteiger partial charge in [0.15, 0.2) is 0 Å². The number of aliphatic hydroxyl groups excluding tert-OH is 1. The molecule has 0 spiro atoms. The van der Waals surface area contributed by atoms with Gasteiger partial charge in [0.2, 0.25) is 0 Å². The van der Waals surface area contributed by atoms with Crippen LogP contribution in [0.25, 0.3) is 0 Å². The highest BCUT2D eigenvalue weighted by molar-refractivity contribution is 5.32. The standard InChI is InChI=1S/C12H16N2O/c1-12(2,9-15)14-8-11-5-3-4-10(6-11)7-13/h3-6,14-15H,8-9H2,1-2H3. The van der Waals surface area contributed by atoms with Gasteiger partial charge in [0.05, 0.1) is 18.2 Å². The molecule has 2 N–H and O–H groups in total. The maximum absolute atomic E-state index is 9.06. The zero-order valence-electron chi connectivity index (χ0n) is 9.12. The minimum absolute atomic E-state index is 0.0882. The van der Waals surface area contributed by atoms with E-state index in [1.165, 1.54) is 0 Å². The molecule has 0 amide bonds. The predicted octanol–water partition coefficient (Wildman–Crippen LogP) is 1.42. The molecule has 1 aromatic rings. The molecule has 0 aliphatic carbocycles. The molecule has 0 atom stereocenters. The molecule has 0 bridgehead atoms. The van der Waals surface area contributed by atoms with Gasteiger partial charge in [-0.3, -0.25) is 0 Å². The summed E-state index contributed by atoms with van der Waals surface area (Å²) in [6.07, 6.45) is 0. The van der Waals surface area contributed by atoms with Crippen LogP contribution in [0.4, 0.5) is 0 Å². The molecule has 0 radical (unpaired) electrons. The second kappa shape index (κ2) is 4.92. The van der Waals surface area contributed by atoms with Crippen molar-refractivity contribution in [3.63, 3.8) is 0 Å². The van der Waals surface area contributed by atoms with Crippen LogP contribution in [0.5, 0.6) is 0 Å². The molecule has 0 fully saturated rings. The number of benzene rings is 1. The Kier molecular flexibility index (Phi) is 3.84. The van der Waals surface area contributed by atoms with Crippen molar-refractivity contribution in [2.45, 2.75) is 25.9 Å². The third kappa shape index (κ3) is 3.70. The first-order valence-corrected chi connectivity index (χ1v) is 4.92. The number of nitriles is 1. The zero-order chi connectivity index (χ0) is 11.3. The molecule has 80 valence electrons. The molecule has 3 heteroatoms. The van der Waals surface area contributed by atoms with E-state index in [4.69, 9.17) is 10.4 Å². The van der Waals surface area contributed by atoms with E-state index in [0.29, 0.717) is 12.1 Å². The lowest BCUT2D eigenvalue weighted by molar-refractivity contribution is 0.187. The van der Waals surface area contributed by atoms with Gasteiger partial charge in [0.1, 0.15) is 0 Å². The first-order chi connectivity index (χ1) is 7.07. The second-order valence-electron chi connectivity index (χ2n) is 4.21. The highest BCUT2D eigenvalue weighted by Gasteiger charge is 2.14. The molecule has 0 aliphatic heterocycles. The average Bonchev–Trinajstić information content (AvgIpc) is 2.27. The molecule has 15 heavy (non-hydrogen) atoms. The topological polar surface area (TPSA) is 56.0 Å². The molecule has 0 unspecified atom stereocenters. The lowest BCUT2D eigenvalue weighted by atomic mass is 10.1. The van der Waals surface area contributed by atoms with Crippen LogP contribution >= 0.6 is 0 Å². The quantitative estimate of drug-likeness (QED) is 0.779. The van der Waals surface area contributed by atoms with Crippen molar-refractivity contribution in [1.82, 2.24) is 5.32 Å². The van der Waals surface area contributed by atoms with Crippen LogP contribution in [-0.2, 0) is 6.54 Å². The van der Waals surface area contributed by atoms with E-state index in [1.54, 1.807) is 6.07 Å². The Bertz CT molecular complexity index is 366. The first-order valence-electron chi connectivity index (χ1n) is 4.92. The van der Waals surface area contributed by atoms with Gasteiger partial charge < -0.3 is 10.4 Å². The molecule has 0 heterocycles. The van der Waals surface area contributed by atoms with E-state index in [0.717, 1.165) is 5.56 Å². The first kappa shape index (κ1) is 11.7. The Balaban J connectivity index is 2.62. The molecule has 1 rings (SSSR count). The molecule has 0 saturated heterocycles. The monoisotopic (exact) mass is 204 g/mol. The van der Waals surface area contributed by atoms with E-state index in [1.807, 2.05) is 32.0 Å². The third-order valence-corrected chi connectivity index (χ3v) is 2.22. The number of nitrogens with one attached hydrogen (secondary N) is 1. The van der Waals surface area contributed by atoms with Gasteiger partial charge in [-0.05, 0) is 31.5 Å². The average molecular weight is 204 g/mol. The molecule has 3 nitrogen and oxygen atoms in total. The SMILES string of the molecule is CC(C)(CO)NCc1cccc(C#N)c1. The van der Waals surface area contributed by atoms with Gasteiger partial charge in [-0.2, -0.15) is 5.26 Å². The van der Waals surface area contributed by atoms with Gasteiger partial charge in [-0.15, -0.1) is 0 Å². The van der Waals surface area contributed by atoms with E-state index >= 15 is 0 Å². The smallest absolute Gasteiger partial charge is 0.0991 e. The van der Waals surface area contributed by atoms with Crippen LogP contribution in [0.2, 0.25) is 0 Å². The van der Waals surface area contributed by atoms with Crippen molar-refractivity contribution < 1.29 is 5.11 Å². The Morgan fingerprint density at radius 3 is 2.80 bits per heavy atom. The van der Waals surface area contributed by atoms with Crippen molar-refractivity contribution in [2.24, 2.45) is 0 Å². The summed E-state index contributed by atoms with van der Waals surface area (Å²) in [5, 5.41) is 21.0. The van der Waals surface area contributed by atoms with Gasteiger partial charge in [-0.25, -0.2) is 0 Å². The molecule has 0 saturated carbocycles. The number of hydrogen-bond donors (Lipinski definition) is 2. The number of hydrogen-bond acceptors (Lipinski definition) is 3. The fourth-order valence-corrected chi connectivity index (χ4v) is 1.15. The molecule has 1 aromatic carbocycles. The summed E-state index contributed by atoms with van der Waals surface area (Å²) in [5.74, 6) is 0. The third-order valence-electron chi connectivity index (χ3n) is 2.22. The van der Waals surface area contributed by atoms with Gasteiger partial charge in [0, 0.05) is 12.1 Å². The van der Waals surface area contributed by atoms with Crippen molar-refractivity contribution in [3.05, 3.63) is 35.4 Å². The van der Waals surface area contributed by atoms with Crippen molar-refractivity contribution >= 4 is 0 Å². The van der Waals surface area contributed by atoms with Crippen LogP contribution in [-0.4, -0.2) is 17.3 Å².